The van der Waals surface area contributed by atoms with Gasteiger partial charge in [-0.1, -0.05) is 29.3 Å². The van der Waals surface area contributed by atoms with E-state index in [1.807, 2.05) is 17.9 Å². The van der Waals surface area contributed by atoms with Gasteiger partial charge in [-0.2, -0.15) is 13.2 Å². The number of hydrogen-bond acceptors (Lipinski definition) is 4. The highest BCUT2D eigenvalue weighted by Gasteiger charge is 2.41. The number of alkyl halides is 3. The van der Waals surface area contributed by atoms with Crippen molar-refractivity contribution in [2.24, 2.45) is 5.92 Å². The van der Waals surface area contributed by atoms with Gasteiger partial charge in [0.05, 0.1) is 22.2 Å². The number of halogens is 5. The summed E-state index contributed by atoms with van der Waals surface area (Å²) in [7, 11) is 0. The van der Waals surface area contributed by atoms with Gasteiger partial charge in [0, 0.05) is 51.0 Å². The summed E-state index contributed by atoms with van der Waals surface area (Å²) in [6.45, 7) is 6.00. The molecule has 212 valence electrons. The molecule has 2 aliphatic heterocycles. The fourth-order valence-corrected chi connectivity index (χ4v) is 5.75. The first-order chi connectivity index (χ1) is 18.4. The highest BCUT2D eigenvalue weighted by Crippen LogP contribution is 2.39. The second-order valence-corrected chi connectivity index (χ2v) is 11.2. The van der Waals surface area contributed by atoms with Gasteiger partial charge >= 0.3 is 6.18 Å². The molecule has 3 atom stereocenters. The summed E-state index contributed by atoms with van der Waals surface area (Å²) in [5.41, 5.74) is 0.179. The minimum atomic E-state index is -4.42. The number of nitrogens with zero attached hydrogens (tertiary/aromatic N) is 2. The van der Waals surface area contributed by atoms with E-state index in [1.165, 1.54) is 19.1 Å². The number of nitrogens with one attached hydrogen (secondary N) is 1. The molecule has 2 fully saturated rings. The molecule has 0 saturated carbocycles. The minimum Gasteiger partial charge on any atom is -0.490 e. The number of ether oxygens (including phenoxy) is 1. The van der Waals surface area contributed by atoms with Gasteiger partial charge in [0.2, 0.25) is 11.8 Å². The van der Waals surface area contributed by atoms with Gasteiger partial charge in [-0.25, -0.2) is 0 Å². The Labute approximate surface area is 236 Å². The third-order valence-electron chi connectivity index (χ3n) is 7.55. The number of amides is 2. The molecule has 0 spiro atoms. The van der Waals surface area contributed by atoms with Crippen LogP contribution in [0, 0.1) is 5.92 Å². The summed E-state index contributed by atoms with van der Waals surface area (Å²) in [6.07, 6.45) is -3.24. The number of carbonyl (C=O) groups is 2. The second-order valence-electron chi connectivity index (χ2n) is 10.3. The van der Waals surface area contributed by atoms with Crippen molar-refractivity contribution in [2.75, 3.05) is 32.7 Å². The van der Waals surface area contributed by atoms with Gasteiger partial charge in [-0.3, -0.25) is 14.5 Å². The van der Waals surface area contributed by atoms with E-state index < -0.39 is 17.8 Å². The Morgan fingerprint density at radius 2 is 1.72 bits per heavy atom. The smallest absolute Gasteiger partial charge is 0.416 e. The summed E-state index contributed by atoms with van der Waals surface area (Å²) in [5.74, 6) is 0.0590. The van der Waals surface area contributed by atoms with Crippen molar-refractivity contribution in [1.82, 2.24) is 15.1 Å². The highest BCUT2D eigenvalue weighted by molar-refractivity contribution is 6.42. The zero-order valence-electron chi connectivity index (χ0n) is 21.8. The van der Waals surface area contributed by atoms with Crippen LogP contribution in [0.3, 0.4) is 0 Å². The Hall–Kier alpha value is -2.49. The average molecular weight is 586 g/mol. The molecule has 1 N–H and O–H groups in total. The monoisotopic (exact) mass is 585 g/mol. The van der Waals surface area contributed by atoms with Crippen molar-refractivity contribution < 1.29 is 27.5 Å². The van der Waals surface area contributed by atoms with E-state index in [9.17, 15) is 22.8 Å². The van der Waals surface area contributed by atoms with Crippen molar-refractivity contribution in [3.05, 3.63) is 63.6 Å². The van der Waals surface area contributed by atoms with Crippen LogP contribution in [-0.4, -0.2) is 66.5 Å². The van der Waals surface area contributed by atoms with Crippen LogP contribution >= 0.6 is 23.2 Å². The molecule has 0 radical (unpaired) electrons. The first-order valence-electron chi connectivity index (χ1n) is 13.0. The van der Waals surface area contributed by atoms with E-state index in [0.717, 1.165) is 43.6 Å². The Bertz CT molecular complexity index is 1170. The fourth-order valence-electron chi connectivity index (χ4n) is 5.44. The Kier molecular flexibility index (Phi) is 9.34. The van der Waals surface area contributed by atoms with Crippen molar-refractivity contribution in [3.8, 4) is 5.75 Å². The summed E-state index contributed by atoms with van der Waals surface area (Å²) in [6, 6.07) is 10.2. The van der Waals surface area contributed by atoms with E-state index in [-0.39, 0.29) is 36.2 Å². The summed E-state index contributed by atoms with van der Waals surface area (Å²) >= 11 is 12.4. The number of piperidine rings is 1. The first kappa shape index (κ1) is 29.5. The summed E-state index contributed by atoms with van der Waals surface area (Å²) < 4.78 is 45.0. The standard InChI is InChI=1S/C28H32Cl2F3N3O3/c1-17(39-22-6-4-20(5-7-22)28(31,32)33)23-14-36(15-24(23)19-3-8-25(29)26(30)13-19)27(38)16-35-11-9-21(10-12-35)34-18(2)37/h3-8,13,17,21,23-24H,9-12,14-16H2,1-2H3,(H,34,37). The van der Waals surface area contributed by atoms with Crippen molar-refractivity contribution in [2.45, 2.75) is 50.9 Å². The molecule has 6 nitrogen and oxygen atoms in total. The van der Waals surface area contributed by atoms with Gasteiger partial charge in [0.25, 0.3) is 0 Å². The second kappa shape index (κ2) is 12.4. The predicted molar refractivity (Wildman–Crippen MR) is 144 cm³/mol. The van der Waals surface area contributed by atoms with Crippen LogP contribution in [0.4, 0.5) is 13.2 Å². The zero-order valence-corrected chi connectivity index (χ0v) is 23.3. The third-order valence-corrected chi connectivity index (χ3v) is 8.29. The van der Waals surface area contributed by atoms with Gasteiger partial charge in [0.15, 0.2) is 0 Å². The molecule has 11 heteroatoms. The van der Waals surface area contributed by atoms with E-state index in [1.54, 1.807) is 12.1 Å². The molecule has 39 heavy (non-hydrogen) atoms. The van der Waals surface area contributed by atoms with E-state index in [0.29, 0.717) is 28.9 Å². The average Bonchev–Trinajstić information content (AvgIpc) is 3.32. The van der Waals surface area contributed by atoms with Gasteiger partial charge < -0.3 is 15.0 Å². The van der Waals surface area contributed by atoms with Crippen molar-refractivity contribution >= 4 is 35.0 Å². The Morgan fingerprint density at radius 1 is 1.05 bits per heavy atom. The Balaban J connectivity index is 1.45. The van der Waals surface area contributed by atoms with Crippen LogP contribution in [0.15, 0.2) is 42.5 Å². The fraction of sp³-hybridized carbons (Fsp3) is 0.500. The molecular weight excluding hydrogens is 554 g/mol. The topological polar surface area (TPSA) is 61.9 Å². The van der Waals surface area contributed by atoms with Crippen LogP contribution in [0.25, 0.3) is 0 Å². The maximum Gasteiger partial charge on any atom is 0.416 e. The van der Waals surface area contributed by atoms with Crippen LogP contribution in [0.2, 0.25) is 10.0 Å². The van der Waals surface area contributed by atoms with Gasteiger partial charge in [0.1, 0.15) is 11.9 Å². The molecule has 2 heterocycles. The van der Waals surface area contributed by atoms with E-state index in [2.05, 4.69) is 10.2 Å². The van der Waals surface area contributed by atoms with Crippen LogP contribution < -0.4 is 10.1 Å². The highest BCUT2D eigenvalue weighted by atomic mass is 35.5. The first-order valence-corrected chi connectivity index (χ1v) is 13.7. The molecule has 0 bridgehead atoms. The quantitative estimate of drug-likeness (QED) is 0.458. The summed E-state index contributed by atoms with van der Waals surface area (Å²) in [4.78, 5) is 28.6. The van der Waals surface area contributed by atoms with Crippen molar-refractivity contribution in [3.63, 3.8) is 0 Å². The number of benzene rings is 2. The lowest BCUT2D eigenvalue weighted by Crippen LogP contribution is -2.47. The van der Waals surface area contributed by atoms with Crippen LogP contribution in [0.5, 0.6) is 5.75 Å². The number of hydrogen-bond donors (Lipinski definition) is 1. The predicted octanol–water partition coefficient (Wildman–Crippen LogP) is 5.62. The number of rotatable bonds is 7. The molecule has 2 aliphatic rings. The number of likely N-dealkylation sites (tertiary alicyclic amines) is 2. The van der Waals surface area contributed by atoms with Crippen LogP contribution in [0.1, 0.15) is 43.7 Å². The minimum absolute atomic E-state index is 0.00210. The molecule has 2 aromatic carbocycles. The van der Waals surface area contributed by atoms with Crippen LogP contribution in [-0.2, 0) is 15.8 Å². The SMILES string of the molecule is CC(=O)NC1CCN(CC(=O)N2CC(c3ccc(Cl)c(Cl)c3)C(C(C)Oc3ccc(C(F)(F)F)cc3)C2)CC1. The summed E-state index contributed by atoms with van der Waals surface area (Å²) in [5, 5.41) is 3.78. The molecule has 2 aromatic rings. The lowest BCUT2D eigenvalue weighted by atomic mass is 9.85. The van der Waals surface area contributed by atoms with E-state index >= 15 is 0 Å². The molecule has 0 aliphatic carbocycles. The number of carbonyl (C=O) groups excluding carboxylic acids is 2. The van der Waals surface area contributed by atoms with Crippen molar-refractivity contribution in [1.29, 1.82) is 0 Å². The zero-order chi connectivity index (χ0) is 28.3. The molecule has 0 aromatic heterocycles. The lowest BCUT2D eigenvalue weighted by molar-refractivity contribution is -0.137. The van der Waals surface area contributed by atoms with E-state index in [4.69, 9.17) is 27.9 Å². The lowest BCUT2D eigenvalue weighted by Gasteiger charge is -2.32. The third kappa shape index (κ3) is 7.58. The molecule has 2 amide bonds. The molecular formula is C28H32Cl2F3N3O3. The molecule has 4 rings (SSSR count). The molecule has 2 saturated heterocycles. The molecule has 3 unspecified atom stereocenters. The largest absolute Gasteiger partial charge is 0.490 e. The maximum atomic E-state index is 13.3. The van der Waals surface area contributed by atoms with Gasteiger partial charge in [-0.05, 0) is 61.7 Å². The van der Waals surface area contributed by atoms with Gasteiger partial charge in [-0.15, -0.1) is 0 Å². The normalized spacial score (nSPS) is 21.6. The Morgan fingerprint density at radius 3 is 2.31 bits per heavy atom. The maximum absolute atomic E-state index is 13.3.